The molecule has 1 rings (SSSR count). The van der Waals surface area contributed by atoms with Gasteiger partial charge in [-0.2, -0.15) is 0 Å². The molecular weight excluding hydrogens is 270 g/mol. The molecule has 0 aliphatic heterocycles. The molecule has 0 spiro atoms. The fourth-order valence-corrected chi connectivity index (χ4v) is 2.59. The molecule has 0 atom stereocenters. The van der Waals surface area contributed by atoms with Gasteiger partial charge in [-0.05, 0) is 37.2 Å². The van der Waals surface area contributed by atoms with Gasteiger partial charge in [0.15, 0.2) is 8.32 Å². The van der Waals surface area contributed by atoms with Crippen LogP contribution in [0.1, 0.15) is 43.9 Å². The van der Waals surface area contributed by atoms with E-state index in [1.165, 1.54) is 0 Å². The maximum atomic E-state index is 11.5. The molecule has 4 nitrogen and oxygen atoms in total. The molecule has 1 heterocycles. The Morgan fingerprint density at radius 3 is 2.50 bits per heavy atom. The third kappa shape index (κ3) is 4.49. The first-order chi connectivity index (χ1) is 9.17. The maximum absolute atomic E-state index is 11.5. The lowest BCUT2D eigenvalue weighted by molar-refractivity contribution is 0.0520. The summed E-state index contributed by atoms with van der Waals surface area (Å²) in [5.41, 5.74) is 1.51. The summed E-state index contributed by atoms with van der Waals surface area (Å²) in [6.45, 7) is 14.0. The van der Waals surface area contributed by atoms with E-state index >= 15 is 0 Å². The Labute approximate surface area is 123 Å². The Kier molecular flexibility index (Phi) is 5.59. The molecule has 0 amide bonds. The summed E-state index contributed by atoms with van der Waals surface area (Å²) in [4.78, 5) is 14.6. The van der Waals surface area contributed by atoms with E-state index in [0.717, 1.165) is 12.1 Å². The highest BCUT2D eigenvalue weighted by Crippen LogP contribution is 2.36. The lowest BCUT2D eigenvalue weighted by Gasteiger charge is -2.36. The highest BCUT2D eigenvalue weighted by molar-refractivity contribution is 6.74. The maximum Gasteiger partial charge on any atom is 0.354 e. The number of hydrogen-bond donors (Lipinski definition) is 1. The molecule has 0 unspecified atom stereocenters. The predicted molar refractivity (Wildman–Crippen MR) is 83.6 cm³/mol. The van der Waals surface area contributed by atoms with Crippen LogP contribution in [0.3, 0.4) is 0 Å². The van der Waals surface area contributed by atoms with Crippen molar-refractivity contribution < 1.29 is 14.0 Å². The average Bonchev–Trinajstić information content (AvgIpc) is 2.76. The van der Waals surface area contributed by atoms with E-state index in [1.54, 1.807) is 13.0 Å². The third-order valence-corrected chi connectivity index (χ3v) is 8.42. The number of aromatic amines is 1. The number of esters is 1. The second kappa shape index (κ2) is 6.59. The average molecular weight is 297 g/mol. The van der Waals surface area contributed by atoms with E-state index in [2.05, 4.69) is 38.8 Å². The molecule has 0 aromatic carbocycles. The predicted octanol–water partition coefficient (Wildman–Crippen LogP) is 3.76. The summed E-state index contributed by atoms with van der Waals surface area (Å²) in [6.07, 6.45) is 0.784. The number of H-pyrrole nitrogens is 1. The van der Waals surface area contributed by atoms with Crippen LogP contribution in [0.5, 0.6) is 0 Å². The van der Waals surface area contributed by atoms with Crippen LogP contribution < -0.4 is 0 Å². The van der Waals surface area contributed by atoms with Crippen molar-refractivity contribution in [1.82, 2.24) is 4.98 Å². The standard InChI is InChI=1S/C15H27NO3Si/c1-7-18-14(17)13-9-8-12(16-13)10-11-19-20(5,6)15(2,3)4/h8-9,16H,7,10-11H2,1-6H3. The number of hydrogen-bond acceptors (Lipinski definition) is 3. The minimum atomic E-state index is -1.69. The molecule has 0 bridgehead atoms. The molecule has 0 radical (unpaired) electrons. The Balaban J connectivity index is 2.49. The summed E-state index contributed by atoms with van der Waals surface area (Å²) in [6, 6.07) is 3.68. The van der Waals surface area contributed by atoms with Gasteiger partial charge in [-0.3, -0.25) is 0 Å². The van der Waals surface area contributed by atoms with Crippen molar-refractivity contribution in [3.05, 3.63) is 23.5 Å². The topological polar surface area (TPSA) is 51.3 Å². The van der Waals surface area contributed by atoms with E-state index in [1.807, 2.05) is 6.07 Å². The highest BCUT2D eigenvalue weighted by Gasteiger charge is 2.36. The summed E-state index contributed by atoms with van der Waals surface area (Å²) in [5, 5.41) is 0.221. The Morgan fingerprint density at radius 1 is 1.30 bits per heavy atom. The molecule has 1 aromatic heterocycles. The first kappa shape index (κ1) is 17.0. The van der Waals surface area contributed by atoms with Crippen molar-refractivity contribution in [3.63, 3.8) is 0 Å². The Bertz CT molecular complexity index is 446. The van der Waals surface area contributed by atoms with E-state index in [0.29, 0.717) is 18.9 Å². The van der Waals surface area contributed by atoms with E-state index in [9.17, 15) is 4.79 Å². The molecular formula is C15H27NO3Si. The van der Waals surface area contributed by atoms with Crippen LogP contribution in [0.25, 0.3) is 0 Å². The summed E-state index contributed by atoms with van der Waals surface area (Å²) in [7, 11) is -1.69. The molecule has 20 heavy (non-hydrogen) atoms. The molecule has 0 saturated heterocycles. The van der Waals surface area contributed by atoms with Gasteiger partial charge in [-0.15, -0.1) is 0 Å². The first-order valence-corrected chi connectivity index (χ1v) is 10.1. The van der Waals surface area contributed by atoms with Crippen LogP contribution in [0, 0.1) is 0 Å². The molecule has 0 aliphatic rings. The minimum Gasteiger partial charge on any atom is -0.461 e. The van der Waals surface area contributed by atoms with Crippen molar-refractivity contribution in [2.75, 3.05) is 13.2 Å². The number of nitrogens with one attached hydrogen (secondary N) is 1. The molecule has 5 heteroatoms. The first-order valence-electron chi connectivity index (χ1n) is 7.16. The van der Waals surface area contributed by atoms with Crippen LogP contribution in [-0.2, 0) is 15.6 Å². The molecule has 114 valence electrons. The van der Waals surface area contributed by atoms with Gasteiger partial charge in [0.25, 0.3) is 0 Å². The van der Waals surface area contributed by atoms with Gasteiger partial charge in [0.05, 0.1) is 6.61 Å². The lowest BCUT2D eigenvalue weighted by atomic mass is 10.2. The van der Waals surface area contributed by atoms with Crippen molar-refractivity contribution in [3.8, 4) is 0 Å². The number of carbonyl (C=O) groups excluding carboxylic acids is 1. The van der Waals surface area contributed by atoms with Gasteiger partial charge < -0.3 is 14.1 Å². The van der Waals surface area contributed by atoms with Gasteiger partial charge in [-0.1, -0.05) is 20.8 Å². The molecule has 1 N–H and O–H groups in total. The van der Waals surface area contributed by atoms with Crippen LogP contribution in [0.15, 0.2) is 12.1 Å². The molecule has 1 aromatic rings. The number of carbonyl (C=O) groups is 1. The smallest absolute Gasteiger partial charge is 0.354 e. The van der Waals surface area contributed by atoms with Crippen LogP contribution in [-0.4, -0.2) is 32.5 Å². The highest BCUT2D eigenvalue weighted by atomic mass is 28.4. The quantitative estimate of drug-likeness (QED) is 0.642. The summed E-state index contributed by atoms with van der Waals surface area (Å²) in [5.74, 6) is -0.302. The summed E-state index contributed by atoms with van der Waals surface area (Å²) >= 11 is 0. The Hall–Kier alpha value is -1.07. The number of aromatic nitrogens is 1. The van der Waals surface area contributed by atoms with Crippen molar-refractivity contribution in [2.45, 2.75) is 52.2 Å². The van der Waals surface area contributed by atoms with Crippen molar-refractivity contribution >= 4 is 14.3 Å². The largest absolute Gasteiger partial charge is 0.461 e. The van der Waals surface area contributed by atoms with Crippen LogP contribution in [0.2, 0.25) is 18.1 Å². The number of ether oxygens (including phenoxy) is 1. The van der Waals surface area contributed by atoms with Crippen LogP contribution in [0.4, 0.5) is 0 Å². The van der Waals surface area contributed by atoms with E-state index < -0.39 is 8.32 Å². The van der Waals surface area contributed by atoms with Gasteiger partial charge in [0, 0.05) is 18.7 Å². The zero-order chi connectivity index (χ0) is 15.4. The Morgan fingerprint density at radius 2 is 1.95 bits per heavy atom. The molecule has 0 fully saturated rings. The fraction of sp³-hybridized carbons (Fsp3) is 0.667. The molecule has 0 aliphatic carbocycles. The van der Waals surface area contributed by atoms with Gasteiger partial charge in [-0.25, -0.2) is 4.79 Å². The zero-order valence-corrected chi connectivity index (χ0v) is 14.5. The SMILES string of the molecule is CCOC(=O)c1ccc(CCO[Si](C)(C)C(C)(C)C)[nH]1. The second-order valence-corrected chi connectivity index (χ2v) is 11.3. The van der Waals surface area contributed by atoms with Gasteiger partial charge in [0.1, 0.15) is 5.69 Å². The van der Waals surface area contributed by atoms with Gasteiger partial charge in [0.2, 0.25) is 0 Å². The minimum absolute atomic E-state index is 0.221. The summed E-state index contributed by atoms with van der Waals surface area (Å²) < 4.78 is 11.1. The van der Waals surface area contributed by atoms with Crippen LogP contribution >= 0.6 is 0 Å². The van der Waals surface area contributed by atoms with Gasteiger partial charge >= 0.3 is 5.97 Å². The third-order valence-electron chi connectivity index (χ3n) is 3.88. The van der Waals surface area contributed by atoms with E-state index in [-0.39, 0.29) is 11.0 Å². The molecule has 0 saturated carbocycles. The monoisotopic (exact) mass is 297 g/mol. The lowest BCUT2D eigenvalue weighted by Crippen LogP contribution is -2.41. The van der Waals surface area contributed by atoms with E-state index in [4.69, 9.17) is 9.16 Å². The van der Waals surface area contributed by atoms with Crippen molar-refractivity contribution in [2.24, 2.45) is 0 Å². The zero-order valence-electron chi connectivity index (χ0n) is 13.5. The normalized spacial score (nSPS) is 12.5. The van der Waals surface area contributed by atoms with Crippen molar-refractivity contribution in [1.29, 1.82) is 0 Å². The number of rotatable bonds is 6. The second-order valence-electron chi connectivity index (χ2n) is 6.48. The fourth-order valence-electron chi connectivity index (χ4n) is 1.55.